The van der Waals surface area contributed by atoms with Crippen LogP contribution in [0.3, 0.4) is 0 Å². The molecule has 0 aromatic carbocycles. The zero-order valence-corrected chi connectivity index (χ0v) is 11.6. The van der Waals surface area contributed by atoms with Crippen LogP contribution in [-0.2, 0) is 0 Å². The normalized spacial score (nSPS) is 26.1. The van der Waals surface area contributed by atoms with E-state index in [9.17, 15) is 5.11 Å². The first-order valence-corrected chi connectivity index (χ1v) is 6.74. The minimum absolute atomic E-state index is 0.0917. The van der Waals surface area contributed by atoms with Gasteiger partial charge in [0.15, 0.2) is 0 Å². The van der Waals surface area contributed by atoms with Crippen molar-refractivity contribution in [3.8, 4) is 0 Å². The van der Waals surface area contributed by atoms with Gasteiger partial charge in [0.2, 0.25) is 0 Å². The van der Waals surface area contributed by atoms with Crippen LogP contribution in [0.25, 0.3) is 0 Å². The smallest absolute Gasteiger partial charge is 0.0496 e. The standard InChI is InChI=1S/C14H29NO/c1-5-14(4,12-16)11-15-9-6-7-13(2,3)8-10-15/h16H,5-12H2,1-4H3. The predicted molar refractivity (Wildman–Crippen MR) is 69.6 cm³/mol. The van der Waals surface area contributed by atoms with Crippen molar-refractivity contribution in [2.75, 3.05) is 26.2 Å². The van der Waals surface area contributed by atoms with Gasteiger partial charge in [0.05, 0.1) is 0 Å². The highest BCUT2D eigenvalue weighted by Gasteiger charge is 2.28. The number of aliphatic hydroxyl groups is 1. The highest BCUT2D eigenvalue weighted by atomic mass is 16.3. The Balaban J connectivity index is 2.49. The summed E-state index contributed by atoms with van der Waals surface area (Å²) in [5, 5.41) is 9.46. The first-order valence-electron chi connectivity index (χ1n) is 6.74. The Morgan fingerprint density at radius 3 is 2.50 bits per heavy atom. The molecule has 2 nitrogen and oxygen atoms in total. The van der Waals surface area contributed by atoms with Gasteiger partial charge in [-0.3, -0.25) is 0 Å². The Kier molecular flexibility index (Phi) is 4.81. The lowest BCUT2D eigenvalue weighted by atomic mass is 9.85. The van der Waals surface area contributed by atoms with Crippen molar-refractivity contribution < 1.29 is 5.11 Å². The van der Waals surface area contributed by atoms with E-state index in [2.05, 4.69) is 32.6 Å². The third kappa shape index (κ3) is 4.06. The van der Waals surface area contributed by atoms with Crippen molar-refractivity contribution in [3.63, 3.8) is 0 Å². The number of likely N-dealkylation sites (tertiary alicyclic amines) is 1. The van der Waals surface area contributed by atoms with Gasteiger partial charge < -0.3 is 10.0 Å². The minimum atomic E-state index is 0.0917. The summed E-state index contributed by atoms with van der Waals surface area (Å²) in [6.07, 6.45) is 4.99. The zero-order valence-electron chi connectivity index (χ0n) is 11.6. The van der Waals surface area contributed by atoms with Gasteiger partial charge in [-0.1, -0.05) is 27.7 Å². The Labute approximate surface area is 101 Å². The quantitative estimate of drug-likeness (QED) is 0.798. The van der Waals surface area contributed by atoms with E-state index in [1.165, 1.54) is 32.4 Å². The first-order chi connectivity index (χ1) is 7.41. The molecule has 1 atom stereocenters. The molecule has 1 rings (SSSR count). The summed E-state index contributed by atoms with van der Waals surface area (Å²) in [6.45, 7) is 12.9. The van der Waals surface area contributed by atoms with E-state index in [1.807, 2.05) is 0 Å². The van der Waals surface area contributed by atoms with Crippen LogP contribution in [0.4, 0.5) is 0 Å². The fourth-order valence-corrected chi connectivity index (χ4v) is 2.45. The summed E-state index contributed by atoms with van der Waals surface area (Å²) in [6, 6.07) is 0. The molecular weight excluding hydrogens is 198 g/mol. The van der Waals surface area contributed by atoms with E-state index in [0.29, 0.717) is 12.0 Å². The SMILES string of the molecule is CCC(C)(CO)CN1CCCC(C)(C)CC1. The molecule has 1 saturated heterocycles. The number of hydrogen-bond acceptors (Lipinski definition) is 2. The average Bonchev–Trinajstić information content (AvgIpc) is 2.40. The van der Waals surface area contributed by atoms with E-state index in [-0.39, 0.29) is 5.41 Å². The summed E-state index contributed by atoms with van der Waals surface area (Å²) in [5.74, 6) is 0. The van der Waals surface area contributed by atoms with Gasteiger partial charge in [0, 0.05) is 18.6 Å². The van der Waals surface area contributed by atoms with Gasteiger partial charge in [0.25, 0.3) is 0 Å². The molecule has 1 aliphatic rings. The lowest BCUT2D eigenvalue weighted by Crippen LogP contribution is -2.38. The van der Waals surface area contributed by atoms with Gasteiger partial charge in [-0.2, -0.15) is 0 Å². The zero-order chi connectivity index (χ0) is 12.2. The molecule has 0 aliphatic carbocycles. The molecule has 1 aliphatic heterocycles. The van der Waals surface area contributed by atoms with Crippen LogP contribution in [0.2, 0.25) is 0 Å². The van der Waals surface area contributed by atoms with Gasteiger partial charge in [-0.25, -0.2) is 0 Å². The summed E-state index contributed by atoms with van der Waals surface area (Å²) in [7, 11) is 0. The Morgan fingerprint density at radius 1 is 1.25 bits per heavy atom. The molecule has 0 aromatic rings. The van der Waals surface area contributed by atoms with Crippen LogP contribution < -0.4 is 0 Å². The van der Waals surface area contributed by atoms with Crippen LogP contribution in [0, 0.1) is 10.8 Å². The molecule has 1 N–H and O–H groups in total. The van der Waals surface area contributed by atoms with Crippen LogP contribution in [0.15, 0.2) is 0 Å². The molecule has 0 aromatic heterocycles. The number of rotatable bonds is 4. The fourth-order valence-electron chi connectivity index (χ4n) is 2.45. The summed E-state index contributed by atoms with van der Waals surface area (Å²) >= 11 is 0. The molecule has 1 unspecified atom stereocenters. The van der Waals surface area contributed by atoms with E-state index >= 15 is 0 Å². The van der Waals surface area contributed by atoms with Gasteiger partial charge in [0.1, 0.15) is 0 Å². The van der Waals surface area contributed by atoms with Crippen molar-refractivity contribution in [1.29, 1.82) is 0 Å². The predicted octanol–water partition coefficient (Wildman–Crippen LogP) is 2.91. The molecule has 16 heavy (non-hydrogen) atoms. The van der Waals surface area contributed by atoms with Gasteiger partial charge in [-0.05, 0) is 44.2 Å². The van der Waals surface area contributed by atoms with Crippen LogP contribution in [0.1, 0.15) is 53.4 Å². The van der Waals surface area contributed by atoms with Crippen molar-refractivity contribution in [1.82, 2.24) is 4.90 Å². The minimum Gasteiger partial charge on any atom is -0.396 e. The third-order valence-corrected chi connectivity index (χ3v) is 4.27. The molecule has 0 spiro atoms. The van der Waals surface area contributed by atoms with Gasteiger partial charge >= 0.3 is 0 Å². The van der Waals surface area contributed by atoms with Crippen LogP contribution >= 0.6 is 0 Å². The summed E-state index contributed by atoms with van der Waals surface area (Å²) < 4.78 is 0. The highest BCUT2D eigenvalue weighted by molar-refractivity contribution is 4.81. The fraction of sp³-hybridized carbons (Fsp3) is 1.00. The molecule has 0 bridgehead atoms. The van der Waals surface area contributed by atoms with Crippen molar-refractivity contribution in [2.45, 2.75) is 53.4 Å². The first kappa shape index (κ1) is 14.0. The Hall–Kier alpha value is -0.0800. The summed E-state index contributed by atoms with van der Waals surface area (Å²) in [4.78, 5) is 2.55. The molecule has 96 valence electrons. The lowest BCUT2D eigenvalue weighted by Gasteiger charge is -2.33. The Bertz CT molecular complexity index is 209. The molecule has 2 heteroatoms. The molecule has 0 saturated carbocycles. The van der Waals surface area contributed by atoms with Crippen molar-refractivity contribution >= 4 is 0 Å². The second-order valence-corrected chi connectivity index (χ2v) is 6.62. The average molecular weight is 227 g/mol. The van der Waals surface area contributed by atoms with Crippen LogP contribution in [0.5, 0.6) is 0 Å². The molecule has 1 heterocycles. The third-order valence-electron chi connectivity index (χ3n) is 4.27. The highest BCUT2D eigenvalue weighted by Crippen LogP contribution is 2.31. The maximum absolute atomic E-state index is 9.46. The largest absolute Gasteiger partial charge is 0.396 e. The number of nitrogens with zero attached hydrogens (tertiary/aromatic N) is 1. The van der Waals surface area contributed by atoms with Gasteiger partial charge in [-0.15, -0.1) is 0 Å². The lowest BCUT2D eigenvalue weighted by molar-refractivity contribution is 0.0847. The van der Waals surface area contributed by atoms with E-state index < -0.39 is 0 Å². The Morgan fingerprint density at radius 2 is 1.94 bits per heavy atom. The number of aliphatic hydroxyl groups excluding tert-OH is 1. The molecule has 0 amide bonds. The maximum Gasteiger partial charge on any atom is 0.0496 e. The van der Waals surface area contributed by atoms with E-state index in [4.69, 9.17) is 0 Å². The topological polar surface area (TPSA) is 23.5 Å². The summed E-state index contributed by atoms with van der Waals surface area (Å²) in [5.41, 5.74) is 0.602. The maximum atomic E-state index is 9.46. The van der Waals surface area contributed by atoms with Crippen molar-refractivity contribution in [3.05, 3.63) is 0 Å². The monoisotopic (exact) mass is 227 g/mol. The van der Waals surface area contributed by atoms with Crippen molar-refractivity contribution in [2.24, 2.45) is 10.8 Å². The second kappa shape index (κ2) is 5.50. The van der Waals surface area contributed by atoms with E-state index in [0.717, 1.165) is 13.0 Å². The molecule has 1 fully saturated rings. The molecule has 0 radical (unpaired) electrons. The van der Waals surface area contributed by atoms with E-state index in [1.54, 1.807) is 0 Å². The number of hydrogen-bond donors (Lipinski definition) is 1. The van der Waals surface area contributed by atoms with Crippen LogP contribution in [-0.4, -0.2) is 36.2 Å². The second-order valence-electron chi connectivity index (χ2n) is 6.62. The molecular formula is C14H29NO.